The molecule has 15 heavy (non-hydrogen) atoms. The number of aliphatic hydroxyl groups excluding tert-OH is 1. The molecule has 0 rings (SSSR count). The predicted octanol–water partition coefficient (Wildman–Crippen LogP) is 0.508. The zero-order valence-corrected chi connectivity index (χ0v) is 10.2. The number of carbonyl (C=O) groups is 1. The Balaban J connectivity index is 3.87. The lowest BCUT2D eigenvalue weighted by molar-refractivity contribution is -0.123. The second kappa shape index (κ2) is 7.65. The molecule has 0 saturated carbocycles. The normalized spacial score (nSPS) is 15.1. The topological polar surface area (TPSA) is 61.4 Å². The van der Waals surface area contributed by atoms with Crippen LogP contribution in [0.5, 0.6) is 0 Å². The first kappa shape index (κ1) is 14.4. The maximum Gasteiger partial charge on any atom is 0.236 e. The Morgan fingerprint density at radius 2 is 1.93 bits per heavy atom. The summed E-state index contributed by atoms with van der Waals surface area (Å²) in [7, 11) is 0. The third-order valence-electron chi connectivity index (χ3n) is 2.28. The van der Waals surface area contributed by atoms with Gasteiger partial charge in [0.2, 0.25) is 5.91 Å². The van der Waals surface area contributed by atoms with Crippen molar-refractivity contribution in [2.45, 2.75) is 46.2 Å². The summed E-state index contributed by atoms with van der Waals surface area (Å²) in [5.41, 5.74) is 0. The molecule has 0 aliphatic heterocycles. The third-order valence-corrected chi connectivity index (χ3v) is 2.28. The summed E-state index contributed by atoms with van der Waals surface area (Å²) in [4.78, 5) is 11.6. The van der Waals surface area contributed by atoms with Crippen molar-refractivity contribution in [2.75, 3.05) is 13.2 Å². The van der Waals surface area contributed by atoms with Crippen LogP contribution in [0.15, 0.2) is 0 Å². The number of hydrogen-bond donors (Lipinski definition) is 3. The minimum Gasteiger partial charge on any atom is -0.395 e. The first-order chi connectivity index (χ1) is 7.01. The number of nitrogens with one attached hydrogen (secondary N) is 2. The molecule has 1 amide bonds. The molecule has 0 saturated heterocycles. The fourth-order valence-corrected chi connectivity index (χ4v) is 1.19. The van der Waals surface area contributed by atoms with E-state index >= 15 is 0 Å². The highest BCUT2D eigenvalue weighted by molar-refractivity contribution is 5.81. The van der Waals surface area contributed by atoms with E-state index in [0.29, 0.717) is 12.5 Å². The van der Waals surface area contributed by atoms with E-state index in [4.69, 9.17) is 5.11 Å². The van der Waals surface area contributed by atoms with Gasteiger partial charge in [-0.3, -0.25) is 4.79 Å². The summed E-state index contributed by atoms with van der Waals surface area (Å²) in [6.07, 6.45) is 0.818. The van der Waals surface area contributed by atoms with E-state index in [-0.39, 0.29) is 24.6 Å². The van der Waals surface area contributed by atoms with Gasteiger partial charge in [-0.05, 0) is 19.3 Å². The number of aliphatic hydroxyl groups is 1. The maximum absolute atomic E-state index is 11.6. The van der Waals surface area contributed by atoms with Crippen LogP contribution in [0.25, 0.3) is 0 Å². The van der Waals surface area contributed by atoms with Crippen LogP contribution in [-0.4, -0.2) is 36.2 Å². The highest BCUT2D eigenvalue weighted by Gasteiger charge is 2.15. The fraction of sp³-hybridized carbons (Fsp3) is 0.909. The minimum absolute atomic E-state index is 0.00407. The maximum atomic E-state index is 11.6. The molecule has 3 N–H and O–H groups in total. The van der Waals surface area contributed by atoms with E-state index in [1.807, 2.05) is 13.8 Å². The molecule has 0 aromatic heterocycles. The van der Waals surface area contributed by atoms with Gasteiger partial charge in [-0.15, -0.1) is 0 Å². The largest absolute Gasteiger partial charge is 0.395 e. The Morgan fingerprint density at radius 3 is 2.33 bits per heavy atom. The van der Waals surface area contributed by atoms with Crippen LogP contribution in [-0.2, 0) is 4.79 Å². The van der Waals surface area contributed by atoms with Gasteiger partial charge in [0.15, 0.2) is 0 Å². The molecule has 0 heterocycles. The van der Waals surface area contributed by atoms with Crippen molar-refractivity contribution in [2.24, 2.45) is 5.92 Å². The van der Waals surface area contributed by atoms with Gasteiger partial charge in [-0.2, -0.15) is 0 Å². The first-order valence-corrected chi connectivity index (χ1v) is 5.65. The molecule has 0 aliphatic carbocycles. The molecule has 0 aliphatic rings. The number of amides is 1. The van der Waals surface area contributed by atoms with Crippen molar-refractivity contribution in [3.05, 3.63) is 0 Å². The van der Waals surface area contributed by atoms with Crippen LogP contribution in [0.2, 0.25) is 0 Å². The van der Waals surface area contributed by atoms with Crippen molar-refractivity contribution in [3.63, 3.8) is 0 Å². The zero-order chi connectivity index (χ0) is 11.8. The monoisotopic (exact) mass is 216 g/mol. The molecule has 4 nitrogen and oxygen atoms in total. The van der Waals surface area contributed by atoms with Gasteiger partial charge < -0.3 is 15.7 Å². The highest BCUT2D eigenvalue weighted by atomic mass is 16.3. The molecule has 0 fully saturated rings. The first-order valence-electron chi connectivity index (χ1n) is 5.65. The molecule has 2 atom stereocenters. The second-order valence-electron chi connectivity index (χ2n) is 4.32. The minimum atomic E-state index is -0.249. The smallest absolute Gasteiger partial charge is 0.236 e. The molecule has 2 unspecified atom stereocenters. The Morgan fingerprint density at radius 1 is 1.33 bits per heavy atom. The van der Waals surface area contributed by atoms with Gasteiger partial charge in [0, 0.05) is 12.6 Å². The van der Waals surface area contributed by atoms with Gasteiger partial charge in [0.25, 0.3) is 0 Å². The van der Waals surface area contributed by atoms with Gasteiger partial charge in [-0.1, -0.05) is 20.8 Å². The summed E-state index contributed by atoms with van der Waals surface area (Å²) in [6, 6.07) is -0.245. The molecular weight excluding hydrogens is 192 g/mol. The van der Waals surface area contributed by atoms with E-state index in [0.717, 1.165) is 6.42 Å². The lowest BCUT2D eigenvalue weighted by atomic mass is 10.2. The Hall–Kier alpha value is -0.610. The molecule has 90 valence electrons. The molecule has 0 aromatic carbocycles. The summed E-state index contributed by atoms with van der Waals surface area (Å²) >= 11 is 0. The molecule has 0 radical (unpaired) electrons. The van der Waals surface area contributed by atoms with E-state index in [1.54, 1.807) is 0 Å². The van der Waals surface area contributed by atoms with Crippen LogP contribution in [0.3, 0.4) is 0 Å². The Kier molecular flexibility index (Phi) is 7.34. The molecule has 0 spiro atoms. The van der Waals surface area contributed by atoms with E-state index in [2.05, 4.69) is 24.5 Å². The van der Waals surface area contributed by atoms with E-state index in [9.17, 15) is 4.79 Å². The summed E-state index contributed by atoms with van der Waals surface area (Å²) in [5.74, 6) is 0.455. The molecule has 0 bridgehead atoms. The average molecular weight is 216 g/mol. The quantitative estimate of drug-likeness (QED) is 0.581. The van der Waals surface area contributed by atoms with Gasteiger partial charge >= 0.3 is 0 Å². The van der Waals surface area contributed by atoms with Crippen LogP contribution in [0.4, 0.5) is 0 Å². The lowest BCUT2D eigenvalue weighted by Gasteiger charge is -2.20. The SMILES string of the molecule is CCC(CO)NC(C)C(=O)NCC(C)C. The van der Waals surface area contributed by atoms with Crippen LogP contribution in [0, 0.1) is 5.92 Å². The van der Waals surface area contributed by atoms with Crippen molar-refractivity contribution >= 4 is 5.91 Å². The summed E-state index contributed by atoms with van der Waals surface area (Å²) in [5, 5.41) is 14.9. The summed E-state index contributed by atoms with van der Waals surface area (Å²) < 4.78 is 0. The summed E-state index contributed by atoms with van der Waals surface area (Å²) in [6.45, 7) is 8.67. The zero-order valence-electron chi connectivity index (χ0n) is 10.2. The number of carbonyl (C=O) groups excluding carboxylic acids is 1. The van der Waals surface area contributed by atoms with Crippen molar-refractivity contribution in [3.8, 4) is 0 Å². The Bertz CT molecular complexity index is 179. The Labute approximate surface area is 92.4 Å². The van der Waals surface area contributed by atoms with Crippen LogP contribution in [0.1, 0.15) is 34.1 Å². The van der Waals surface area contributed by atoms with Crippen LogP contribution >= 0.6 is 0 Å². The molecule has 4 heteroatoms. The van der Waals surface area contributed by atoms with E-state index < -0.39 is 0 Å². The predicted molar refractivity (Wildman–Crippen MR) is 61.6 cm³/mol. The van der Waals surface area contributed by atoms with Gasteiger partial charge in [0.1, 0.15) is 0 Å². The fourth-order valence-electron chi connectivity index (χ4n) is 1.19. The number of rotatable bonds is 7. The van der Waals surface area contributed by atoms with Gasteiger partial charge in [0.05, 0.1) is 12.6 Å². The standard InChI is InChI=1S/C11H24N2O2/c1-5-10(7-14)13-9(4)11(15)12-6-8(2)3/h8-10,13-14H,5-7H2,1-4H3,(H,12,15). The number of hydrogen-bond acceptors (Lipinski definition) is 3. The lowest BCUT2D eigenvalue weighted by Crippen LogP contribution is -2.48. The molecular formula is C11H24N2O2. The van der Waals surface area contributed by atoms with Crippen molar-refractivity contribution in [1.82, 2.24) is 10.6 Å². The molecule has 0 aromatic rings. The van der Waals surface area contributed by atoms with Gasteiger partial charge in [-0.25, -0.2) is 0 Å². The van der Waals surface area contributed by atoms with Crippen molar-refractivity contribution in [1.29, 1.82) is 0 Å². The van der Waals surface area contributed by atoms with E-state index in [1.165, 1.54) is 0 Å². The van der Waals surface area contributed by atoms with Crippen LogP contribution < -0.4 is 10.6 Å². The second-order valence-corrected chi connectivity index (χ2v) is 4.32. The average Bonchev–Trinajstić information content (AvgIpc) is 2.21. The third kappa shape index (κ3) is 6.47. The highest BCUT2D eigenvalue weighted by Crippen LogP contribution is 1.94. The van der Waals surface area contributed by atoms with Crippen molar-refractivity contribution < 1.29 is 9.90 Å².